The third-order valence-electron chi connectivity index (χ3n) is 6.49. The number of aliphatic imine (C=N–C) groups is 1. The van der Waals surface area contributed by atoms with Crippen molar-refractivity contribution in [1.82, 2.24) is 15.2 Å². The van der Waals surface area contributed by atoms with E-state index in [-0.39, 0.29) is 17.8 Å². The molecule has 1 spiro atoms. The van der Waals surface area contributed by atoms with Crippen molar-refractivity contribution in [1.29, 1.82) is 0 Å². The summed E-state index contributed by atoms with van der Waals surface area (Å²) in [5.74, 6) is -0.781. The minimum atomic E-state index is -0.762. The van der Waals surface area contributed by atoms with E-state index in [4.69, 9.17) is 4.99 Å². The molecule has 162 valence electrons. The molecule has 2 saturated heterocycles. The Morgan fingerprint density at radius 2 is 1.97 bits per heavy atom. The summed E-state index contributed by atoms with van der Waals surface area (Å²) in [5.41, 5.74) is 0.534. The molecule has 3 aliphatic rings. The van der Waals surface area contributed by atoms with E-state index in [0.29, 0.717) is 25.3 Å². The molecular weight excluding hydrogens is 400 g/mol. The van der Waals surface area contributed by atoms with Crippen LogP contribution in [0.15, 0.2) is 47.7 Å². The Bertz CT molecular complexity index is 988. The molecule has 1 atom stereocenters. The molecule has 3 heterocycles. The molecule has 1 saturated carbocycles. The van der Waals surface area contributed by atoms with Gasteiger partial charge in [0.05, 0.1) is 11.7 Å². The van der Waals surface area contributed by atoms with E-state index in [9.17, 15) is 13.6 Å². The third kappa shape index (κ3) is 3.80. The van der Waals surface area contributed by atoms with Gasteiger partial charge >= 0.3 is 6.03 Å². The molecule has 2 aliphatic heterocycles. The number of nitrogens with one attached hydrogen (secondary N) is 1. The first kappa shape index (κ1) is 20.1. The van der Waals surface area contributed by atoms with E-state index >= 15 is 0 Å². The molecule has 3 fully saturated rings. The van der Waals surface area contributed by atoms with Crippen molar-refractivity contribution in [2.24, 2.45) is 4.99 Å². The lowest BCUT2D eigenvalue weighted by molar-refractivity contribution is 0.250. The molecular formula is C23H25F2N5O. The number of rotatable bonds is 4. The van der Waals surface area contributed by atoms with Crippen LogP contribution in [0.25, 0.3) is 0 Å². The summed E-state index contributed by atoms with van der Waals surface area (Å²) >= 11 is 0. The van der Waals surface area contributed by atoms with Crippen molar-refractivity contribution in [2.45, 2.75) is 50.2 Å². The van der Waals surface area contributed by atoms with Crippen LogP contribution in [-0.2, 0) is 6.54 Å². The second kappa shape index (κ2) is 8.00. The molecule has 1 aliphatic carbocycles. The molecule has 2 amide bonds. The number of likely N-dealkylation sites (tertiary alicyclic amines) is 1. The Labute approximate surface area is 180 Å². The average molecular weight is 425 g/mol. The summed E-state index contributed by atoms with van der Waals surface area (Å²) < 4.78 is 28.1. The van der Waals surface area contributed by atoms with Crippen LogP contribution in [0.2, 0.25) is 0 Å². The highest BCUT2D eigenvalue weighted by Crippen LogP contribution is 2.39. The Kier molecular flexibility index (Phi) is 5.17. The molecule has 5 rings (SSSR count). The molecule has 1 aromatic carbocycles. The minimum Gasteiger partial charge on any atom is -0.296 e. The Morgan fingerprint density at radius 3 is 2.68 bits per heavy atom. The van der Waals surface area contributed by atoms with Gasteiger partial charge < -0.3 is 0 Å². The predicted octanol–water partition coefficient (Wildman–Crippen LogP) is 3.88. The molecule has 1 N–H and O–H groups in total. The number of benzene rings is 1. The number of pyridine rings is 1. The first-order valence-electron chi connectivity index (χ1n) is 10.8. The van der Waals surface area contributed by atoms with Crippen LogP contribution in [0.5, 0.6) is 0 Å². The van der Waals surface area contributed by atoms with Gasteiger partial charge in [-0.2, -0.15) is 0 Å². The number of anilines is 1. The maximum atomic E-state index is 14.0. The van der Waals surface area contributed by atoms with Gasteiger partial charge in [-0.25, -0.2) is 13.6 Å². The van der Waals surface area contributed by atoms with Gasteiger partial charge in [-0.1, -0.05) is 18.9 Å². The molecule has 2 aromatic rings. The number of hydrogen-bond acceptors (Lipinski definition) is 4. The highest BCUT2D eigenvalue weighted by molar-refractivity contribution is 6.19. The van der Waals surface area contributed by atoms with E-state index in [1.54, 1.807) is 6.20 Å². The van der Waals surface area contributed by atoms with Crippen LogP contribution in [0, 0.1) is 11.6 Å². The Balaban J connectivity index is 1.51. The van der Waals surface area contributed by atoms with Crippen LogP contribution in [-0.4, -0.2) is 46.4 Å². The van der Waals surface area contributed by atoms with Crippen molar-refractivity contribution in [2.75, 3.05) is 18.0 Å². The first-order chi connectivity index (χ1) is 15.0. The predicted molar refractivity (Wildman–Crippen MR) is 114 cm³/mol. The molecule has 31 heavy (non-hydrogen) atoms. The van der Waals surface area contributed by atoms with Crippen molar-refractivity contribution in [3.8, 4) is 0 Å². The minimum absolute atomic E-state index is 0.184. The molecule has 1 aromatic heterocycles. The van der Waals surface area contributed by atoms with Crippen molar-refractivity contribution < 1.29 is 13.6 Å². The maximum absolute atomic E-state index is 14.0. The van der Waals surface area contributed by atoms with Crippen LogP contribution < -0.4 is 10.2 Å². The lowest BCUT2D eigenvalue weighted by Crippen LogP contribution is -2.52. The summed E-state index contributed by atoms with van der Waals surface area (Å²) in [7, 11) is 0. The fraction of sp³-hybridized carbons (Fsp3) is 0.435. The van der Waals surface area contributed by atoms with Gasteiger partial charge in [-0.15, -0.1) is 0 Å². The second-order valence-corrected chi connectivity index (χ2v) is 8.66. The van der Waals surface area contributed by atoms with Gasteiger partial charge in [-0.3, -0.25) is 25.1 Å². The summed E-state index contributed by atoms with van der Waals surface area (Å²) in [6.07, 6.45) is 8.47. The zero-order chi connectivity index (χ0) is 21.4. The molecule has 8 heteroatoms. The number of amides is 2. The van der Waals surface area contributed by atoms with Crippen LogP contribution in [0.4, 0.5) is 19.3 Å². The SMILES string of the molecule is O=C1NC(=NC2CCCC2)C2(CCN(Cc3cccnc3)C2)N1c1cc(F)cc(F)c1. The van der Waals surface area contributed by atoms with E-state index < -0.39 is 17.2 Å². The Hall–Kier alpha value is -2.87. The second-order valence-electron chi connectivity index (χ2n) is 8.66. The number of urea groups is 1. The van der Waals surface area contributed by atoms with Crippen molar-refractivity contribution >= 4 is 17.6 Å². The number of halogens is 2. The van der Waals surface area contributed by atoms with E-state index in [0.717, 1.165) is 43.9 Å². The van der Waals surface area contributed by atoms with E-state index in [1.165, 1.54) is 17.0 Å². The topological polar surface area (TPSA) is 60.8 Å². The van der Waals surface area contributed by atoms with Crippen LogP contribution in [0.3, 0.4) is 0 Å². The highest BCUT2D eigenvalue weighted by Gasteiger charge is 2.55. The van der Waals surface area contributed by atoms with Crippen LogP contribution >= 0.6 is 0 Å². The summed E-state index contributed by atoms with van der Waals surface area (Å²) in [6, 6.07) is 6.97. The zero-order valence-electron chi connectivity index (χ0n) is 17.2. The number of hydrogen-bond donors (Lipinski definition) is 1. The van der Waals surface area contributed by atoms with Gasteiger partial charge in [0.25, 0.3) is 0 Å². The monoisotopic (exact) mass is 425 g/mol. The first-order valence-corrected chi connectivity index (χ1v) is 10.8. The lowest BCUT2D eigenvalue weighted by Gasteiger charge is -2.34. The van der Waals surface area contributed by atoms with E-state index in [1.807, 2.05) is 18.3 Å². The third-order valence-corrected chi connectivity index (χ3v) is 6.49. The van der Waals surface area contributed by atoms with Gasteiger partial charge in [0.15, 0.2) is 0 Å². The normalized spacial score (nSPS) is 25.8. The number of aromatic nitrogens is 1. The molecule has 0 bridgehead atoms. The van der Waals surface area contributed by atoms with Crippen molar-refractivity contribution in [3.05, 3.63) is 59.9 Å². The van der Waals surface area contributed by atoms with Crippen LogP contribution in [0.1, 0.15) is 37.7 Å². The molecule has 0 radical (unpaired) electrons. The fourth-order valence-electron chi connectivity index (χ4n) is 5.11. The number of nitrogens with zero attached hydrogens (tertiary/aromatic N) is 4. The lowest BCUT2D eigenvalue weighted by atomic mass is 9.95. The smallest absolute Gasteiger partial charge is 0.296 e. The van der Waals surface area contributed by atoms with E-state index in [2.05, 4.69) is 15.2 Å². The van der Waals surface area contributed by atoms with Gasteiger partial charge in [0.2, 0.25) is 0 Å². The number of amidine groups is 1. The quantitative estimate of drug-likeness (QED) is 0.809. The maximum Gasteiger partial charge on any atom is 0.328 e. The van der Waals surface area contributed by atoms with Crippen molar-refractivity contribution in [3.63, 3.8) is 0 Å². The largest absolute Gasteiger partial charge is 0.328 e. The summed E-state index contributed by atoms with van der Waals surface area (Å²) in [5, 5.41) is 2.94. The molecule has 6 nitrogen and oxygen atoms in total. The molecule has 1 unspecified atom stereocenters. The van der Waals surface area contributed by atoms with Gasteiger partial charge in [0, 0.05) is 38.1 Å². The Morgan fingerprint density at radius 1 is 1.19 bits per heavy atom. The summed E-state index contributed by atoms with van der Waals surface area (Å²) in [4.78, 5) is 25.9. The number of carbonyl (C=O) groups excluding carboxylic acids is 1. The fourth-order valence-corrected chi connectivity index (χ4v) is 5.11. The van der Waals surface area contributed by atoms with Gasteiger partial charge in [0.1, 0.15) is 23.0 Å². The summed E-state index contributed by atoms with van der Waals surface area (Å²) in [6.45, 7) is 1.96. The standard InChI is InChI=1S/C23H25F2N5O/c24-17-10-18(25)12-20(11-17)30-22(31)28-21(27-19-5-1-2-6-19)23(30)7-9-29(15-23)14-16-4-3-8-26-13-16/h3-4,8,10-13,19H,1-2,5-7,9,14-15H2,(H,27,28,31). The van der Waals surface area contributed by atoms with Gasteiger partial charge in [-0.05, 0) is 43.0 Å². The highest BCUT2D eigenvalue weighted by atomic mass is 19.1. The average Bonchev–Trinajstić information content (AvgIpc) is 3.44. The number of carbonyl (C=O) groups is 1. The zero-order valence-corrected chi connectivity index (χ0v) is 17.2.